The molecule has 23 aromatic carbocycles. The summed E-state index contributed by atoms with van der Waals surface area (Å²) >= 11 is 0. The number of fused-ring (bicyclic) bond motifs is 8. The number of rotatable bonds is 17. The summed E-state index contributed by atoms with van der Waals surface area (Å²) in [5, 5.41) is 9.48. The lowest BCUT2D eigenvalue weighted by Gasteiger charge is -2.46. The lowest BCUT2D eigenvalue weighted by atomic mass is 9.33. The summed E-state index contributed by atoms with van der Waals surface area (Å²) in [5.41, 5.74) is 39.9. The Bertz CT molecular complexity index is 7670. The SMILES string of the molecule is c1ccc(-c2cccc(-c3cccc(-c4cccc(-c5ccccc5)c4)c3N3c4cc(-c5c6ccccc6c(-c6ccccc6)c6ccccc56)ccc4B4c5ccc(-c6c7ccccc7c(-c7ccccc7)c7ccccc67)cc5N(c5c(-c6cccc(-c7ccccc7)c6)cccc5-c5cccc(-c6ccccc6)c5)c5cc(N(c6ccccc6)c6ccccc6)cc3c54)c2)cc1. The third-order valence-electron chi connectivity index (χ3n) is 27.6. The lowest BCUT2D eigenvalue weighted by molar-refractivity contribution is 1.23. The van der Waals surface area contributed by atoms with Crippen molar-refractivity contribution < 1.29 is 0 Å². The molecule has 0 spiro atoms. The van der Waals surface area contributed by atoms with Crippen molar-refractivity contribution >= 4 is 117 Å². The van der Waals surface area contributed by atoms with Crippen molar-refractivity contribution in [2.45, 2.75) is 0 Å². The maximum Gasteiger partial charge on any atom is 0.252 e. The molecule has 2 heterocycles. The predicted octanol–water partition coefficient (Wildman–Crippen LogP) is 33.9. The van der Waals surface area contributed by atoms with Crippen LogP contribution in [0.25, 0.3) is 177 Å². The van der Waals surface area contributed by atoms with Gasteiger partial charge >= 0.3 is 0 Å². The van der Waals surface area contributed by atoms with Gasteiger partial charge in [0.25, 0.3) is 6.71 Å². The van der Waals surface area contributed by atoms with Crippen LogP contribution in [0.1, 0.15) is 0 Å². The fourth-order valence-corrected chi connectivity index (χ4v) is 21.7. The smallest absolute Gasteiger partial charge is 0.252 e. The normalized spacial score (nSPS) is 12.0. The molecular formula is C130H86BN3. The molecule has 0 saturated heterocycles. The van der Waals surface area contributed by atoms with Gasteiger partial charge in [-0.05, 0) is 244 Å². The summed E-state index contributed by atoms with van der Waals surface area (Å²) in [6, 6.07) is 196. The van der Waals surface area contributed by atoms with Crippen LogP contribution in [0, 0.1) is 0 Å². The van der Waals surface area contributed by atoms with Crippen LogP contribution in [0.15, 0.2) is 522 Å². The van der Waals surface area contributed by atoms with Gasteiger partial charge in [-0.1, -0.05) is 449 Å². The molecule has 134 heavy (non-hydrogen) atoms. The highest BCUT2D eigenvalue weighted by Crippen LogP contribution is 2.58. The van der Waals surface area contributed by atoms with Crippen LogP contribution in [0.3, 0.4) is 0 Å². The molecule has 2 aliphatic heterocycles. The van der Waals surface area contributed by atoms with Crippen molar-refractivity contribution in [1.82, 2.24) is 0 Å². The molecule has 4 heteroatoms. The molecule has 3 nitrogen and oxygen atoms in total. The quantitative estimate of drug-likeness (QED) is 0.0664. The third kappa shape index (κ3) is 13.7. The molecule has 0 aliphatic carbocycles. The number of hydrogen-bond acceptors (Lipinski definition) is 3. The Morgan fingerprint density at radius 1 is 0.149 bits per heavy atom. The standard InChI is InChI=1S/C130H86BN3/c1-9-39-87(40-10-1)93-51-33-55-97(79-93)106-71-37-72-107(98-56-34-52-94(80-98)88-41-11-2-12-42-88)129(106)133-120-83-101(126-114-67-29-25-63-110(114)124(91-47-17-5-18-48-91)111-64-26-30-68-115(111)126)75-77-118(120)131-119-78-76-102(127-116-69-31-27-65-112(116)125(92-49-19-6-20-50-92)113-66-28-32-70-117(113)127)84-121(119)134(123-86-105(85-122(133)128(123)131)132(103-59-21-7-22-60-103)104-61-23-8-24-62-104)130-108(99-57-35-53-95(81-99)89-43-13-3-14-44-89)73-38-74-109(130)100-58-36-54-96(82-100)90-45-15-4-16-46-90/h1-86H. The van der Waals surface area contributed by atoms with Crippen molar-refractivity contribution in [2.24, 2.45) is 0 Å². The first-order valence-corrected chi connectivity index (χ1v) is 46.4. The molecule has 0 bridgehead atoms. The zero-order valence-corrected chi connectivity index (χ0v) is 73.6. The van der Waals surface area contributed by atoms with Gasteiger partial charge in [0, 0.05) is 56.4 Å². The highest BCUT2D eigenvalue weighted by atomic mass is 15.2. The number of hydrogen-bond donors (Lipinski definition) is 0. The second-order valence-electron chi connectivity index (χ2n) is 35.2. The van der Waals surface area contributed by atoms with Gasteiger partial charge in [-0.2, -0.15) is 0 Å². The number of nitrogens with zero attached hydrogens (tertiary/aromatic N) is 3. The van der Waals surface area contributed by atoms with Crippen LogP contribution in [0.5, 0.6) is 0 Å². The van der Waals surface area contributed by atoms with E-state index in [4.69, 9.17) is 0 Å². The van der Waals surface area contributed by atoms with Gasteiger partial charge in [0.15, 0.2) is 0 Å². The van der Waals surface area contributed by atoms with Gasteiger partial charge in [-0.25, -0.2) is 0 Å². The van der Waals surface area contributed by atoms with Gasteiger partial charge < -0.3 is 14.7 Å². The number of benzene rings is 23. The Morgan fingerprint density at radius 2 is 0.373 bits per heavy atom. The van der Waals surface area contributed by atoms with E-state index in [1.54, 1.807) is 0 Å². The summed E-state index contributed by atoms with van der Waals surface area (Å²) in [6.45, 7) is -0.406. The minimum absolute atomic E-state index is 0.406. The monoisotopic (exact) mass is 1700 g/mol. The minimum Gasteiger partial charge on any atom is -0.310 e. The minimum atomic E-state index is -0.406. The first kappa shape index (κ1) is 78.8. The summed E-state index contributed by atoms with van der Waals surface area (Å²) in [7, 11) is 0. The fourth-order valence-electron chi connectivity index (χ4n) is 21.7. The second kappa shape index (κ2) is 33.6. The highest BCUT2D eigenvalue weighted by Gasteiger charge is 2.47. The first-order valence-electron chi connectivity index (χ1n) is 46.4. The summed E-state index contributed by atoms with van der Waals surface area (Å²) in [5.74, 6) is 0. The summed E-state index contributed by atoms with van der Waals surface area (Å²) < 4.78 is 0. The first-order chi connectivity index (χ1) is 66.5. The zero-order valence-electron chi connectivity index (χ0n) is 73.6. The van der Waals surface area contributed by atoms with Crippen molar-refractivity contribution in [1.29, 1.82) is 0 Å². The average molecular weight is 1700 g/mol. The topological polar surface area (TPSA) is 9.72 Å². The molecule has 0 N–H and O–H groups in total. The van der Waals surface area contributed by atoms with E-state index in [2.05, 4.69) is 536 Å². The average Bonchev–Trinajstić information content (AvgIpc) is 0.684. The molecule has 0 unspecified atom stereocenters. The van der Waals surface area contributed by atoms with Crippen molar-refractivity contribution in [3.63, 3.8) is 0 Å². The largest absolute Gasteiger partial charge is 0.310 e. The van der Waals surface area contributed by atoms with E-state index in [0.29, 0.717) is 0 Å². The van der Waals surface area contributed by atoms with E-state index in [0.717, 1.165) is 157 Å². The van der Waals surface area contributed by atoms with Gasteiger partial charge in [0.2, 0.25) is 0 Å². The Kier molecular flexibility index (Phi) is 19.7. The Hall–Kier alpha value is -17.4. The van der Waals surface area contributed by atoms with Crippen LogP contribution in [0.4, 0.5) is 51.2 Å². The molecule has 2 aliphatic rings. The van der Waals surface area contributed by atoms with E-state index in [1.807, 2.05) is 0 Å². The van der Waals surface area contributed by atoms with E-state index < -0.39 is 6.71 Å². The fraction of sp³-hybridized carbons (Fsp3) is 0. The van der Waals surface area contributed by atoms with E-state index in [1.165, 1.54) is 87.4 Å². The molecule has 624 valence electrons. The van der Waals surface area contributed by atoms with E-state index >= 15 is 0 Å². The maximum absolute atomic E-state index is 2.74. The maximum atomic E-state index is 2.74. The van der Waals surface area contributed by atoms with Gasteiger partial charge in [-0.3, -0.25) is 0 Å². The van der Waals surface area contributed by atoms with Gasteiger partial charge in [-0.15, -0.1) is 0 Å². The van der Waals surface area contributed by atoms with Gasteiger partial charge in [0.1, 0.15) is 0 Å². The zero-order chi connectivity index (χ0) is 88.5. The number of para-hydroxylation sites is 4. The van der Waals surface area contributed by atoms with Gasteiger partial charge in [0.05, 0.1) is 17.1 Å². The lowest BCUT2D eigenvalue weighted by Crippen LogP contribution is -2.61. The van der Waals surface area contributed by atoms with E-state index in [9.17, 15) is 0 Å². The van der Waals surface area contributed by atoms with Crippen molar-refractivity contribution in [2.75, 3.05) is 14.7 Å². The molecule has 0 radical (unpaired) electrons. The Balaban J connectivity index is 0.870. The molecule has 0 saturated carbocycles. The van der Waals surface area contributed by atoms with Crippen LogP contribution < -0.4 is 31.1 Å². The van der Waals surface area contributed by atoms with Crippen LogP contribution in [0.2, 0.25) is 0 Å². The molecular weight excluding hydrogens is 1610 g/mol. The highest BCUT2D eigenvalue weighted by molar-refractivity contribution is 7.00. The van der Waals surface area contributed by atoms with E-state index in [-0.39, 0.29) is 0 Å². The molecule has 0 amide bonds. The van der Waals surface area contributed by atoms with Crippen LogP contribution in [-0.2, 0) is 0 Å². The molecule has 0 atom stereocenters. The Morgan fingerprint density at radius 3 is 0.649 bits per heavy atom. The summed E-state index contributed by atoms with van der Waals surface area (Å²) in [6.07, 6.45) is 0. The molecule has 0 aromatic heterocycles. The molecule has 25 rings (SSSR count). The third-order valence-corrected chi connectivity index (χ3v) is 27.6. The molecule has 0 fully saturated rings. The predicted molar refractivity (Wildman–Crippen MR) is 570 cm³/mol. The van der Waals surface area contributed by atoms with Crippen molar-refractivity contribution in [3.05, 3.63) is 522 Å². The number of anilines is 9. The second-order valence-corrected chi connectivity index (χ2v) is 35.2. The van der Waals surface area contributed by atoms with Crippen molar-refractivity contribution in [3.8, 4) is 134 Å². The van der Waals surface area contributed by atoms with Crippen LogP contribution in [-0.4, -0.2) is 6.71 Å². The van der Waals surface area contributed by atoms with Crippen LogP contribution >= 0.6 is 0 Å². The summed E-state index contributed by atoms with van der Waals surface area (Å²) in [4.78, 5) is 7.98. The molecule has 23 aromatic rings. The Labute approximate surface area is 781 Å².